The van der Waals surface area contributed by atoms with Gasteiger partial charge in [-0.25, -0.2) is 4.79 Å². The predicted octanol–water partition coefficient (Wildman–Crippen LogP) is 4.14. The van der Waals surface area contributed by atoms with Gasteiger partial charge in [0.25, 0.3) is 0 Å². The number of hydrogen-bond acceptors (Lipinski definition) is 8. The Morgan fingerprint density at radius 3 is 2.00 bits per heavy atom. The lowest BCUT2D eigenvalue weighted by Crippen LogP contribution is -2.36. The van der Waals surface area contributed by atoms with E-state index in [0.717, 1.165) is 5.56 Å². The van der Waals surface area contributed by atoms with E-state index in [9.17, 15) is 19.5 Å². The van der Waals surface area contributed by atoms with Crippen LogP contribution in [0.2, 0.25) is 0 Å². The maximum Gasteiger partial charge on any atom is 0.328 e. The van der Waals surface area contributed by atoms with Crippen molar-refractivity contribution >= 4 is 29.7 Å². The van der Waals surface area contributed by atoms with Gasteiger partial charge in [-0.1, -0.05) is 54.6 Å². The van der Waals surface area contributed by atoms with Crippen molar-refractivity contribution in [2.24, 2.45) is 5.73 Å². The first-order valence-electron chi connectivity index (χ1n) is 11.8. The van der Waals surface area contributed by atoms with Gasteiger partial charge in [-0.2, -0.15) is 0 Å². The van der Waals surface area contributed by atoms with E-state index < -0.39 is 12.0 Å². The molecule has 38 heavy (non-hydrogen) atoms. The SMILES string of the molecule is COc1cc(/C=C/C(=O)CC(=O)/C=C/c2ccc(OC(=O)[C@@H](N)Cc3ccccc3)c(OC)c2)ccc1O. The molecule has 0 amide bonds. The van der Waals surface area contributed by atoms with Crippen molar-refractivity contribution < 1.29 is 33.7 Å². The van der Waals surface area contributed by atoms with Crippen LogP contribution >= 0.6 is 0 Å². The molecule has 0 saturated heterocycles. The van der Waals surface area contributed by atoms with Crippen LogP contribution in [-0.2, 0) is 20.8 Å². The number of nitrogens with two attached hydrogens (primary N) is 1. The number of benzene rings is 3. The highest BCUT2D eigenvalue weighted by Gasteiger charge is 2.18. The third-order valence-electron chi connectivity index (χ3n) is 5.48. The molecule has 0 radical (unpaired) electrons. The molecule has 0 unspecified atom stereocenters. The first kappa shape index (κ1) is 27.9. The van der Waals surface area contributed by atoms with Crippen LogP contribution in [0.4, 0.5) is 0 Å². The number of rotatable bonds is 12. The molecular formula is C30H29NO7. The number of carbonyl (C=O) groups is 3. The monoisotopic (exact) mass is 515 g/mol. The zero-order valence-corrected chi connectivity index (χ0v) is 21.1. The van der Waals surface area contributed by atoms with Crippen molar-refractivity contribution in [3.05, 3.63) is 95.6 Å². The number of hydrogen-bond donors (Lipinski definition) is 2. The second-order valence-electron chi connectivity index (χ2n) is 8.33. The molecule has 3 N–H and O–H groups in total. The van der Waals surface area contributed by atoms with Crippen LogP contribution in [0.5, 0.6) is 23.0 Å². The van der Waals surface area contributed by atoms with E-state index in [-0.39, 0.29) is 35.2 Å². The molecule has 0 bridgehead atoms. The van der Waals surface area contributed by atoms with Crippen LogP contribution in [0.15, 0.2) is 78.9 Å². The van der Waals surface area contributed by atoms with E-state index in [0.29, 0.717) is 23.3 Å². The van der Waals surface area contributed by atoms with E-state index in [4.69, 9.17) is 19.9 Å². The molecule has 0 fully saturated rings. The van der Waals surface area contributed by atoms with Gasteiger partial charge in [0.05, 0.1) is 20.6 Å². The summed E-state index contributed by atoms with van der Waals surface area (Å²) in [6.07, 6.45) is 5.70. The Morgan fingerprint density at radius 2 is 1.39 bits per heavy atom. The Labute approximate surface area is 221 Å². The first-order valence-corrected chi connectivity index (χ1v) is 11.8. The Kier molecular flexibility index (Phi) is 9.96. The van der Waals surface area contributed by atoms with Crippen LogP contribution in [0, 0.1) is 0 Å². The standard InChI is InChI=1S/C30H29NO7/c1-36-28-17-21(10-14-26(28)34)8-12-23(32)19-24(33)13-9-22-11-15-27(29(18-22)37-2)38-30(35)25(31)16-20-6-4-3-5-7-20/h3-15,17-18,25,34H,16,19,31H2,1-2H3/b12-8+,13-9+/t25-/m0/s1. The van der Waals surface area contributed by atoms with E-state index in [1.54, 1.807) is 36.4 Å². The summed E-state index contributed by atoms with van der Waals surface area (Å²) in [7, 11) is 2.86. The topological polar surface area (TPSA) is 125 Å². The van der Waals surface area contributed by atoms with Gasteiger partial charge in [0.1, 0.15) is 6.04 Å². The number of esters is 1. The molecule has 8 nitrogen and oxygen atoms in total. The predicted molar refractivity (Wildman–Crippen MR) is 144 cm³/mol. The summed E-state index contributed by atoms with van der Waals surface area (Å²) in [4.78, 5) is 36.9. The van der Waals surface area contributed by atoms with Crippen LogP contribution in [0.1, 0.15) is 23.1 Å². The number of ether oxygens (including phenoxy) is 3. The summed E-state index contributed by atoms with van der Waals surface area (Å²) in [6.45, 7) is 0. The maximum atomic E-state index is 12.5. The third kappa shape index (κ3) is 8.18. The molecule has 8 heteroatoms. The molecule has 0 aliphatic rings. The average molecular weight is 516 g/mol. The smallest absolute Gasteiger partial charge is 0.328 e. The lowest BCUT2D eigenvalue weighted by molar-refractivity contribution is -0.136. The Bertz CT molecular complexity index is 1350. The molecule has 0 heterocycles. The normalized spacial score (nSPS) is 11.9. The van der Waals surface area contributed by atoms with Gasteiger partial charge in [-0.15, -0.1) is 0 Å². The van der Waals surface area contributed by atoms with Crippen molar-refractivity contribution in [1.82, 2.24) is 0 Å². The summed E-state index contributed by atoms with van der Waals surface area (Å²) in [5, 5.41) is 9.64. The lowest BCUT2D eigenvalue weighted by atomic mass is 10.1. The molecule has 0 saturated carbocycles. The minimum Gasteiger partial charge on any atom is -0.504 e. The largest absolute Gasteiger partial charge is 0.504 e. The van der Waals surface area contributed by atoms with E-state index in [1.807, 2.05) is 30.3 Å². The van der Waals surface area contributed by atoms with Crippen molar-refractivity contribution in [3.63, 3.8) is 0 Å². The van der Waals surface area contributed by atoms with E-state index in [1.165, 1.54) is 38.5 Å². The highest BCUT2D eigenvalue weighted by Crippen LogP contribution is 2.29. The van der Waals surface area contributed by atoms with Gasteiger partial charge in [-0.05, 0) is 59.5 Å². The highest BCUT2D eigenvalue weighted by atomic mass is 16.6. The highest BCUT2D eigenvalue weighted by molar-refractivity contribution is 6.10. The third-order valence-corrected chi connectivity index (χ3v) is 5.48. The quantitative estimate of drug-likeness (QED) is 0.160. The molecule has 0 aliphatic heterocycles. The lowest BCUT2D eigenvalue weighted by Gasteiger charge is -2.14. The van der Waals surface area contributed by atoms with Crippen LogP contribution < -0.4 is 19.9 Å². The molecular weight excluding hydrogens is 486 g/mol. The van der Waals surface area contributed by atoms with Gasteiger partial charge in [0.15, 0.2) is 34.6 Å². The molecule has 3 aromatic rings. The fourth-order valence-electron chi connectivity index (χ4n) is 3.47. The summed E-state index contributed by atoms with van der Waals surface area (Å²) >= 11 is 0. The van der Waals surface area contributed by atoms with Gasteiger partial charge in [-0.3, -0.25) is 9.59 Å². The summed E-state index contributed by atoms with van der Waals surface area (Å²) < 4.78 is 15.8. The maximum absolute atomic E-state index is 12.5. The minimum atomic E-state index is -0.845. The number of phenolic OH excluding ortho intramolecular Hbond substituents is 1. The van der Waals surface area contributed by atoms with E-state index >= 15 is 0 Å². The van der Waals surface area contributed by atoms with Crippen molar-refractivity contribution in [2.75, 3.05) is 14.2 Å². The van der Waals surface area contributed by atoms with Gasteiger partial charge < -0.3 is 25.1 Å². The fourth-order valence-corrected chi connectivity index (χ4v) is 3.47. The van der Waals surface area contributed by atoms with Gasteiger partial charge in [0, 0.05) is 0 Å². The molecule has 0 aromatic heterocycles. The Morgan fingerprint density at radius 1 is 0.816 bits per heavy atom. The molecule has 3 aromatic carbocycles. The summed E-state index contributed by atoms with van der Waals surface area (Å²) in [5.41, 5.74) is 8.18. The molecule has 1 atom stereocenters. The van der Waals surface area contributed by atoms with Crippen LogP contribution in [0.25, 0.3) is 12.2 Å². The summed E-state index contributed by atoms with van der Waals surface area (Å²) in [5.74, 6) is -0.583. The number of phenols is 1. The Balaban J connectivity index is 1.57. The molecule has 3 rings (SSSR count). The minimum absolute atomic E-state index is 0.00856. The number of allylic oxidation sites excluding steroid dienone is 2. The second kappa shape index (κ2) is 13.6. The van der Waals surface area contributed by atoms with Crippen molar-refractivity contribution in [2.45, 2.75) is 18.9 Å². The molecule has 196 valence electrons. The second-order valence-corrected chi connectivity index (χ2v) is 8.33. The average Bonchev–Trinajstić information content (AvgIpc) is 2.92. The van der Waals surface area contributed by atoms with Gasteiger partial charge >= 0.3 is 5.97 Å². The number of carbonyl (C=O) groups excluding carboxylic acids is 3. The zero-order chi connectivity index (χ0) is 27.5. The van der Waals surface area contributed by atoms with Crippen LogP contribution in [-0.4, -0.2) is 42.9 Å². The zero-order valence-electron chi connectivity index (χ0n) is 21.1. The van der Waals surface area contributed by atoms with Crippen LogP contribution in [0.3, 0.4) is 0 Å². The van der Waals surface area contributed by atoms with Crippen molar-refractivity contribution in [1.29, 1.82) is 0 Å². The molecule has 0 spiro atoms. The number of aromatic hydroxyl groups is 1. The molecule has 0 aliphatic carbocycles. The Hall–Kier alpha value is -4.69. The van der Waals surface area contributed by atoms with E-state index in [2.05, 4.69) is 0 Å². The van der Waals surface area contributed by atoms with Gasteiger partial charge in [0.2, 0.25) is 0 Å². The summed E-state index contributed by atoms with van der Waals surface area (Å²) in [6, 6.07) is 18.0. The van der Waals surface area contributed by atoms with Crippen molar-refractivity contribution in [3.8, 4) is 23.0 Å². The number of methoxy groups -OCH3 is 2. The fraction of sp³-hybridized carbons (Fsp3) is 0.167. The first-order chi connectivity index (χ1) is 18.3. The number of ketones is 2.